The molecule has 0 aromatic heterocycles. The van der Waals surface area contributed by atoms with Crippen LogP contribution >= 0.6 is 0 Å². The van der Waals surface area contributed by atoms with Crippen molar-refractivity contribution in [3.05, 3.63) is 35.9 Å². The fourth-order valence-corrected chi connectivity index (χ4v) is 2.80. The molecule has 1 aliphatic carbocycles. The van der Waals surface area contributed by atoms with Crippen LogP contribution in [0.1, 0.15) is 23.2 Å². The van der Waals surface area contributed by atoms with Crippen molar-refractivity contribution in [2.75, 3.05) is 6.61 Å². The summed E-state index contributed by atoms with van der Waals surface area (Å²) in [5.41, 5.74) is -1.16. The fourth-order valence-electron chi connectivity index (χ4n) is 2.80. The van der Waals surface area contributed by atoms with Gasteiger partial charge < -0.3 is 24.8 Å². The number of esters is 1. The molecule has 0 bridgehead atoms. The van der Waals surface area contributed by atoms with E-state index < -0.39 is 30.1 Å². The van der Waals surface area contributed by atoms with Gasteiger partial charge in [0.2, 0.25) is 0 Å². The lowest BCUT2D eigenvalue weighted by Crippen LogP contribution is -2.51. The van der Waals surface area contributed by atoms with Gasteiger partial charge in [-0.2, -0.15) is 0 Å². The van der Waals surface area contributed by atoms with Crippen LogP contribution in [0.4, 0.5) is 0 Å². The zero-order valence-corrected chi connectivity index (χ0v) is 11.4. The summed E-state index contributed by atoms with van der Waals surface area (Å²) in [7, 11) is 0. The Kier molecular flexibility index (Phi) is 3.71. The standard InChI is InChI=1S/C15H18O6/c16-12-14(18)21-11(15(12,19)10-6-7-10)8-20-13(17)9-4-2-1-3-5-9/h1-5,10-12,14,16,18-19H,6-8H2/t11-,12+,14+,15-/m1/s1. The number of rotatable bonds is 4. The van der Waals surface area contributed by atoms with Gasteiger partial charge in [-0.15, -0.1) is 0 Å². The Morgan fingerprint density at radius 2 is 1.95 bits per heavy atom. The van der Waals surface area contributed by atoms with Crippen molar-refractivity contribution in [1.82, 2.24) is 0 Å². The van der Waals surface area contributed by atoms with E-state index in [1.807, 2.05) is 0 Å². The maximum Gasteiger partial charge on any atom is 0.338 e. The van der Waals surface area contributed by atoms with E-state index in [2.05, 4.69) is 0 Å². The molecule has 3 rings (SSSR count). The Bertz CT molecular complexity index is 514. The molecule has 0 spiro atoms. The minimum Gasteiger partial charge on any atom is -0.459 e. The van der Waals surface area contributed by atoms with Crippen molar-refractivity contribution in [3.8, 4) is 0 Å². The average molecular weight is 294 g/mol. The lowest BCUT2D eigenvalue weighted by atomic mass is 9.87. The van der Waals surface area contributed by atoms with Crippen molar-refractivity contribution >= 4 is 5.97 Å². The summed E-state index contributed by atoms with van der Waals surface area (Å²) < 4.78 is 10.3. The van der Waals surface area contributed by atoms with Crippen LogP contribution in [-0.2, 0) is 9.47 Å². The molecule has 1 saturated heterocycles. The third kappa shape index (κ3) is 2.55. The molecule has 21 heavy (non-hydrogen) atoms. The second-order valence-electron chi connectivity index (χ2n) is 5.59. The number of benzene rings is 1. The average Bonchev–Trinajstić information content (AvgIpc) is 3.32. The van der Waals surface area contributed by atoms with Gasteiger partial charge in [0.1, 0.15) is 24.4 Å². The first-order valence-electron chi connectivity index (χ1n) is 6.99. The minimum absolute atomic E-state index is 0.134. The molecule has 2 fully saturated rings. The first-order valence-corrected chi connectivity index (χ1v) is 6.99. The molecular weight excluding hydrogens is 276 g/mol. The van der Waals surface area contributed by atoms with Gasteiger partial charge in [-0.05, 0) is 30.9 Å². The molecule has 0 unspecified atom stereocenters. The highest BCUT2D eigenvalue weighted by molar-refractivity contribution is 5.89. The second-order valence-corrected chi connectivity index (χ2v) is 5.59. The first kappa shape index (κ1) is 14.5. The summed E-state index contributed by atoms with van der Waals surface area (Å²) in [6.07, 6.45) is -2.26. The van der Waals surface area contributed by atoms with Crippen molar-refractivity contribution in [3.63, 3.8) is 0 Å². The number of carbonyl (C=O) groups is 1. The highest BCUT2D eigenvalue weighted by Crippen LogP contribution is 2.48. The highest BCUT2D eigenvalue weighted by atomic mass is 16.7. The molecule has 1 aliphatic heterocycles. The van der Waals surface area contributed by atoms with E-state index in [4.69, 9.17) is 9.47 Å². The van der Waals surface area contributed by atoms with Crippen LogP contribution in [0.3, 0.4) is 0 Å². The van der Waals surface area contributed by atoms with Crippen LogP contribution < -0.4 is 0 Å². The zero-order chi connectivity index (χ0) is 15.0. The third-order valence-corrected chi connectivity index (χ3v) is 4.17. The molecule has 6 nitrogen and oxygen atoms in total. The molecule has 1 saturated carbocycles. The molecule has 0 amide bonds. The van der Waals surface area contributed by atoms with E-state index in [1.54, 1.807) is 30.3 Å². The predicted octanol–water partition coefficient (Wildman–Crippen LogP) is 0.0626. The summed E-state index contributed by atoms with van der Waals surface area (Å²) in [6, 6.07) is 8.46. The molecule has 2 aliphatic rings. The molecule has 114 valence electrons. The van der Waals surface area contributed by atoms with E-state index in [-0.39, 0.29) is 12.5 Å². The van der Waals surface area contributed by atoms with Gasteiger partial charge in [0, 0.05) is 0 Å². The van der Waals surface area contributed by atoms with Crippen LogP contribution in [0.25, 0.3) is 0 Å². The molecule has 6 heteroatoms. The molecule has 3 N–H and O–H groups in total. The molecule has 0 radical (unpaired) electrons. The molecule has 4 atom stereocenters. The molecule has 1 heterocycles. The minimum atomic E-state index is -1.56. The fraction of sp³-hybridized carbons (Fsp3) is 0.533. The number of carbonyl (C=O) groups excluding carboxylic acids is 1. The van der Waals surface area contributed by atoms with Crippen LogP contribution in [0, 0.1) is 5.92 Å². The topological polar surface area (TPSA) is 96.2 Å². The third-order valence-electron chi connectivity index (χ3n) is 4.17. The van der Waals surface area contributed by atoms with Crippen molar-refractivity contribution in [2.24, 2.45) is 5.92 Å². The number of hydrogen-bond acceptors (Lipinski definition) is 6. The number of aliphatic hydroxyl groups is 3. The Hall–Kier alpha value is -1.47. The predicted molar refractivity (Wildman–Crippen MR) is 71.3 cm³/mol. The van der Waals surface area contributed by atoms with E-state index in [0.29, 0.717) is 5.56 Å². The molecular formula is C15H18O6. The van der Waals surface area contributed by atoms with Gasteiger partial charge in [0.15, 0.2) is 6.29 Å². The second kappa shape index (κ2) is 5.38. The van der Waals surface area contributed by atoms with Gasteiger partial charge in [0.05, 0.1) is 5.56 Å². The van der Waals surface area contributed by atoms with E-state index in [1.165, 1.54) is 0 Å². The van der Waals surface area contributed by atoms with Crippen LogP contribution in [0.5, 0.6) is 0 Å². The van der Waals surface area contributed by atoms with Crippen molar-refractivity contribution < 1.29 is 29.6 Å². The van der Waals surface area contributed by atoms with Gasteiger partial charge >= 0.3 is 5.97 Å². The Balaban J connectivity index is 1.66. The summed E-state index contributed by atoms with van der Waals surface area (Å²) in [6.45, 7) is -0.213. The largest absolute Gasteiger partial charge is 0.459 e. The smallest absolute Gasteiger partial charge is 0.338 e. The number of hydrogen-bond donors (Lipinski definition) is 3. The summed E-state index contributed by atoms with van der Waals surface area (Å²) in [4.78, 5) is 11.9. The van der Waals surface area contributed by atoms with Gasteiger partial charge in [-0.3, -0.25) is 0 Å². The maximum atomic E-state index is 11.9. The van der Waals surface area contributed by atoms with Crippen molar-refractivity contribution in [1.29, 1.82) is 0 Å². The monoisotopic (exact) mass is 294 g/mol. The first-order chi connectivity index (χ1) is 10.0. The highest BCUT2D eigenvalue weighted by Gasteiger charge is 2.62. The zero-order valence-electron chi connectivity index (χ0n) is 11.4. The molecule has 1 aromatic carbocycles. The summed E-state index contributed by atoms with van der Waals surface area (Å²) >= 11 is 0. The van der Waals surface area contributed by atoms with E-state index in [0.717, 1.165) is 12.8 Å². The van der Waals surface area contributed by atoms with Crippen molar-refractivity contribution in [2.45, 2.75) is 36.9 Å². The van der Waals surface area contributed by atoms with E-state index in [9.17, 15) is 20.1 Å². The number of ether oxygens (including phenoxy) is 2. The summed E-state index contributed by atoms with van der Waals surface area (Å²) in [5, 5.41) is 30.1. The quantitative estimate of drug-likeness (QED) is 0.680. The van der Waals surface area contributed by atoms with Crippen LogP contribution in [0.15, 0.2) is 30.3 Å². The van der Waals surface area contributed by atoms with E-state index >= 15 is 0 Å². The van der Waals surface area contributed by atoms with Gasteiger partial charge in [-0.1, -0.05) is 18.2 Å². The van der Waals surface area contributed by atoms with Gasteiger partial charge in [0.25, 0.3) is 0 Å². The lowest BCUT2D eigenvalue weighted by molar-refractivity contribution is -0.133. The SMILES string of the molecule is O=C(OC[C@H]1O[C@H](O)[C@H](O)[C@@]1(O)C1CC1)c1ccccc1. The van der Waals surface area contributed by atoms with Gasteiger partial charge in [-0.25, -0.2) is 4.79 Å². The lowest BCUT2D eigenvalue weighted by Gasteiger charge is -2.30. The summed E-state index contributed by atoms with van der Waals surface area (Å²) in [5.74, 6) is -0.668. The Morgan fingerprint density at radius 1 is 1.29 bits per heavy atom. The Labute approximate surface area is 121 Å². The maximum absolute atomic E-state index is 11.9. The Morgan fingerprint density at radius 3 is 2.57 bits per heavy atom. The normalized spacial score (nSPS) is 35.7. The van der Waals surface area contributed by atoms with Crippen LogP contribution in [0.2, 0.25) is 0 Å². The van der Waals surface area contributed by atoms with Crippen LogP contribution in [-0.4, -0.2) is 52.0 Å². The molecule has 1 aromatic rings. The number of aliphatic hydroxyl groups excluding tert-OH is 2.